The maximum Gasteiger partial charge on any atom is 0.333 e. The molecule has 0 spiro atoms. The molecule has 206 valence electrons. The molecule has 38 heavy (non-hydrogen) atoms. The van der Waals surface area contributed by atoms with Crippen LogP contribution in [-0.2, 0) is 28.6 Å². The quantitative estimate of drug-likeness (QED) is 0.326. The van der Waals surface area contributed by atoms with Crippen LogP contribution in [0.25, 0.3) is 0 Å². The molecule has 0 aromatic carbocycles. The monoisotopic (exact) mass is 522 g/mol. The van der Waals surface area contributed by atoms with Crippen LogP contribution in [0.3, 0.4) is 0 Å². The number of allylic oxidation sites excluding steroid dienone is 3. The van der Waals surface area contributed by atoms with Crippen LogP contribution >= 0.6 is 0 Å². The van der Waals surface area contributed by atoms with E-state index in [0.717, 1.165) is 44.1 Å². The normalized spacial score (nSPS) is 38.8. The minimum atomic E-state index is -0.607. The van der Waals surface area contributed by atoms with Crippen LogP contribution in [0.1, 0.15) is 87.0 Å². The molecule has 0 N–H and O–H groups in total. The van der Waals surface area contributed by atoms with E-state index in [4.69, 9.17) is 14.2 Å². The van der Waals surface area contributed by atoms with Gasteiger partial charge in [-0.1, -0.05) is 44.6 Å². The molecule has 0 saturated heterocycles. The molecule has 5 rings (SSSR count). The van der Waals surface area contributed by atoms with Crippen LogP contribution < -0.4 is 0 Å². The van der Waals surface area contributed by atoms with Gasteiger partial charge < -0.3 is 14.2 Å². The number of hydrogen-bond acceptors (Lipinski definition) is 6. The van der Waals surface area contributed by atoms with Crippen molar-refractivity contribution in [1.82, 2.24) is 0 Å². The van der Waals surface area contributed by atoms with Gasteiger partial charge in [0.15, 0.2) is 0 Å². The van der Waals surface area contributed by atoms with Crippen molar-refractivity contribution in [3.63, 3.8) is 0 Å². The van der Waals surface area contributed by atoms with Crippen molar-refractivity contribution in [1.29, 1.82) is 0 Å². The average molecular weight is 523 g/mol. The van der Waals surface area contributed by atoms with Gasteiger partial charge in [0.2, 0.25) is 0 Å². The summed E-state index contributed by atoms with van der Waals surface area (Å²) in [6.07, 6.45) is 12.4. The Hall–Kier alpha value is -2.63. The molecule has 0 amide bonds. The first-order valence-electron chi connectivity index (χ1n) is 14.2. The molecule has 2 heterocycles. The van der Waals surface area contributed by atoms with Crippen LogP contribution in [-0.4, -0.2) is 35.7 Å². The van der Waals surface area contributed by atoms with Crippen molar-refractivity contribution in [2.24, 2.45) is 28.6 Å². The fourth-order valence-corrected chi connectivity index (χ4v) is 8.52. The molecule has 6 heteroatoms. The predicted molar refractivity (Wildman–Crippen MR) is 144 cm³/mol. The third kappa shape index (κ3) is 4.10. The Morgan fingerprint density at radius 3 is 2.55 bits per heavy atom. The lowest BCUT2D eigenvalue weighted by molar-refractivity contribution is -0.154. The molecule has 0 radical (unpaired) electrons. The van der Waals surface area contributed by atoms with Gasteiger partial charge in [-0.15, -0.1) is 0 Å². The maximum atomic E-state index is 12.4. The largest absolute Gasteiger partial charge is 0.462 e. The Kier molecular flexibility index (Phi) is 6.55. The fraction of sp³-hybridized carbons (Fsp3) is 0.656. The summed E-state index contributed by atoms with van der Waals surface area (Å²) in [7, 11) is 0. The van der Waals surface area contributed by atoms with E-state index in [0.29, 0.717) is 5.57 Å². The first kappa shape index (κ1) is 27.0. The van der Waals surface area contributed by atoms with Crippen LogP contribution in [0.2, 0.25) is 0 Å². The summed E-state index contributed by atoms with van der Waals surface area (Å²) < 4.78 is 17.9. The van der Waals surface area contributed by atoms with Gasteiger partial charge in [0.25, 0.3) is 0 Å². The number of hydrogen-bond donors (Lipinski definition) is 0. The highest BCUT2D eigenvalue weighted by atomic mass is 16.6. The Bertz CT molecular complexity index is 1180. The van der Waals surface area contributed by atoms with Crippen molar-refractivity contribution in [2.45, 2.75) is 105 Å². The van der Waals surface area contributed by atoms with E-state index in [-0.39, 0.29) is 58.7 Å². The van der Waals surface area contributed by atoms with Crippen LogP contribution in [0.5, 0.6) is 0 Å². The highest BCUT2D eigenvalue weighted by molar-refractivity contribution is 5.88. The van der Waals surface area contributed by atoms with Crippen molar-refractivity contribution in [2.75, 3.05) is 0 Å². The molecule has 3 aliphatic carbocycles. The van der Waals surface area contributed by atoms with E-state index in [1.165, 1.54) is 18.1 Å². The van der Waals surface area contributed by atoms with Crippen molar-refractivity contribution >= 4 is 17.9 Å². The van der Waals surface area contributed by atoms with Crippen LogP contribution in [0.4, 0.5) is 0 Å². The van der Waals surface area contributed by atoms with Crippen molar-refractivity contribution in [3.8, 4) is 0 Å². The standard InChI is InChI=1S/C32H42O6/c1-18-8-12-26(37-29(18)35)19(2)25-17-27(36-20(3)33)32(7)24-11-10-23-21(9-13-28(34)38-30(23,4)5)16-22(24)14-15-31(25,32)6/h8-9,13,16,19,23,25-27H,10-12,14-15,17H2,1-7H3/t19-,23+,25+,26+,27+,31+,32+/m0/s1. The summed E-state index contributed by atoms with van der Waals surface area (Å²) in [6.45, 7) is 14.2. The Labute approximate surface area is 226 Å². The van der Waals surface area contributed by atoms with Gasteiger partial charge in [-0.3, -0.25) is 4.79 Å². The molecule has 0 bridgehead atoms. The van der Waals surface area contributed by atoms with Gasteiger partial charge in [0.1, 0.15) is 17.8 Å². The van der Waals surface area contributed by atoms with E-state index in [9.17, 15) is 14.4 Å². The van der Waals surface area contributed by atoms with Gasteiger partial charge in [0, 0.05) is 36.3 Å². The highest BCUT2D eigenvalue weighted by Gasteiger charge is 2.65. The van der Waals surface area contributed by atoms with Gasteiger partial charge in [-0.2, -0.15) is 0 Å². The molecular weight excluding hydrogens is 480 g/mol. The molecule has 1 fully saturated rings. The minimum absolute atomic E-state index is 0.0885. The molecular formula is C32H42O6. The molecule has 2 aliphatic heterocycles. The summed E-state index contributed by atoms with van der Waals surface area (Å²) in [5.74, 6) is -0.325. The van der Waals surface area contributed by atoms with Crippen molar-refractivity contribution < 1.29 is 28.6 Å². The van der Waals surface area contributed by atoms with E-state index in [1.54, 1.807) is 13.0 Å². The second-order valence-electron chi connectivity index (χ2n) is 13.1. The lowest BCUT2D eigenvalue weighted by Gasteiger charge is -2.53. The zero-order valence-electron chi connectivity index (χ0n) is 23.9. The van der Waals surface area contributed by atoms with E-state index < -0.39 is 5.60 Å². The Balaban J connectivity index is 1.56. The number of carbonyl (C=O) groups is 3. The summed E-state index contributed by atoms with van der Waals surface area (Å²) in [5, 5.41) is 0. The van der Waals surface area contributed by atoms with Gasteiger partial charge >= 0.3 is 17.9 Å². The summed E-state index contributed by atoms with van der Waals surface area (Å²) in [6, 6.07) is 0. The summed E-state index contributed by atoms with van der Waals surface area (Å²) >= 11 is 0. The van der Waals surface area contributed by atoms with E-state index >= 15 is 0 Å². The second kappa shape index (κ2) is 9.24. The summed E-state index contributed by atoms with van der Waals surface area (Å²) in [5.41, 5.74) is 3.42. The summed E-state index contributed by atoms with van der Waals surface area (Å²) in [4.78, 5) is 37.0. The first-order chi connectivity index (χ1) is 17.8. The lowest BCUT2D eigenvalue weighted by Crippen LogP contribution is -2.49. The molecule has 0 unspecified atom stereocenters. The Morgan fingerprint density at radius 1 is 1.13 bits per heavy atom. The van der Waals surface area contributed by atoms with Crippen LogP contribution in [0.15, 0.2) is 46.6 Å². The number of fused-ring (bicyclic) bond motifs is 3. The Morgan fingerprint density at radius 2 is 1.87 bits per heavy atom. The van der Waals surface area contributed by atoms with Crippen molar-refractivity contribution in [3.05, 3.63) is 46.6 Å². The molecule has 0 aromatic rings. The topological polar surface area (TPSA) is 78.9 Å². The fourth-order valence-electron chi connectivity index (χ4n) is 8.52. The first-order valence-corrected chi connectivity index (χ1v) is 14.2. The third-order valence-corrected chi connectivity index (χ3v) is 10.9. The number of rotatable bonds is 3. The molecule has 5 aliphatic rings. The average Bonchev–Trinajstić information content (AvgIpc) is 2.96. The molecule has 6 nitrogen and oxygen atoms in total. The van der Waals surface area contributed by atoms with Gasteiger partial charge in [-0.05, 0) is 81.3 Å². The molecule has 1 saturated carbocycles. The smallest absolute Gasteiger partial charge is 0.333 e. The van der Waals surface area contributed by atoms with Crippen LogP contribution in [0, 0.1) is 28.6 Å². The number of carbonyl (C=O) groups excluding carboxylic acids is 3. The zero-order valence-corrected chi connectivity index (χ0v) is 23.9. The highest BCUT2D eigenvalue weighted by Crippen LogP contribution is 2.69. The number of esters is 3. The molecule has 0 aromatic heterocycles. The number of ether oxygens (including phenoxy) is 3. The predicted octanol–water partition coefficient (Wildman–Crippen LogP) is 6.17. The molecule has 7 atom stereocenters. The maximum absolute atomic E-state index is 12.4. The zero-order chi connectivity index (χ0) is 27.6. The van der Waals surface area contributed by atoms with Gasteiger partial charge in [-0.25, -0.2) is 9.59 Å². The SMILES string of the molecule is CC(=O)O[C@@H]1C[C@H]([C@H](C)[C@H]2CC=C(C)C(=O)O2)[C@@]2(C)CCC3=C(CC[C@@H]4C(=C3)C=CC(=O)OC4(C)C)[C@]12C. The van der Waals surface area contributed by atoms with E-state index in [1.807, 2.05) is 26.0 Å². The minimum Gasteiger partial charge on any atom is -0.462 e. The number of cyclic esters (lactones) is 2. The van der Waals surface area contributed by atoms with Gasteiger partial charge in [0.05, 0.1) is 0 Å². The second-order valence-corrected chi connectivity index (χ2v) is 13.1. The lowest BCUT2D eigenvalue weighted by atomic mass is 9.52. The third-order valence-electron chi connectivity index (χ3n) is 10.9. The van der Waals surface area contributed by atoms with E-state index in [2.05, 4.69) is 26.8 Å².